The monoisotopic (exact) mass is 346 g/mol. The smallest absolute Gasteiger partial charge is 0.211 e. The van der Waals surface area contributed by atoms with Crippen LogP contribution in [0.25, 0.3) is 0 Å². The number of fused-ring (bicyclic) bond motifs is 1. The molecule has 0 aromatic heterocycles. The Balaban J connectivity index is 1.39. The van der Waals surface area contributed by atoms with Crippen LogP contribution >= 0.6 is 0 Å². The minimum absolute atomic E-state index is 0.0372. The molecule has 0 saturated carbocycles. The predicted octanol–water partition coefficient (Wildman–Crippen LogP) is 0.926. The third-order valence-corrected chi connectivity index (χ3v) is 6.81. The summed E-state index contributed by atoms with van der Waals surface area (Å²) in [5.74, 6) is 0.676. The van der Waals surface area contributed by atoms with E-state index in [1.807, 2.05) is 0 Å². The maximum absolute atomic E-state index is 11.8. The Kier molecular flexibility index (Phi) is 5.63. The fourth-order valence-corrected chi connectivity index (χ4v) is 5.26. The van der Waals surface area contributed by atoms with E-state index in [2.05, 4.69) is 11.9 Å². The van der Waals surface area contributed by atoms with E-state index >= 15 is 0 Å². The summed E-state index contributed by atoms with van der Waals surface area (Å²) >= 11 is 0. The first-order valence-electron chi connectivity index (χ1n) is 8.82. The van der Waals surface area contributed by atoms with Crippen LogP contribution in [0, 0.1) is 5.92 Å². The Hall–Kier alpha value is -0.210. The highest BCUT2D eigenvalue weighted by Crippen LogP contribution is 2.33. The number of piperidine rings is 1. The topological polar surface area (TPSA) is 59.1 Å². The molecule has 0 unspecified atom stereocenters. The van der Waals surface area contributed by atoms with Crippen LogP contribution in [0.2, 0.25) is 0 Å². The summed E-state index contributed by atoms with van der Waals surface area (Å²) in [7, 11) is -0.937. The van der Waals surface area contributed by atoms with Gasteiger partial charge in [0.05, 0.1) is 31.1 Å². The number of hydrogen-bond donors (Lipinski definition) is 0. The van der Waals surface area contributed by atoms with Crippen molar-refractivity contribution in [1.29, 1.82) is 0 Å². The van der Waals surface area contributed by atoms with Gasteiger partial charge in [-0.1, -0.05) is 0 Å². The number of hydrogen-bond acceptors (Lipinski definition) is 5. The van der Waals surface area contributed by atoms with Crippen molar-refractivity contribution in [2.24, 2.45) is 5.92 Å². The molecule has 0 aromatic rings. The molecule has 0 aliphatic carbocycles. The largest absolute Gasteiger partial charge is 0.378 e. The van der Waals surface area contributed by atoms with Gasteiger partial charge in [-0.25, -0.2) is 8.42 Å². The molecular weight excluding hydrogens is 316 g/mol. The lowest BCUT2D eigenvalue weighted by atomic mass is 9.98. The zero-order chi connectivity index (χ0) is 16.4. The van der Waals surface area contributed by atoms with E-state index in [1.165, 1.54) is 32.2 Å². The molecule has 3 atom stereocenters. The maximum atomic E-state index is 11.8. The van der Waals surface area contributed by atoms with E-state index in [-0.39, 0.29) is 18.2 Å². The Bertz CT molecular complexity index is 490. The molecule has 3 saturated heterocycles. The summed E-state index contributed by atoms with van der Waals surface area (Å²) in [6, 6.07) is 0.0372. The molecule has 0 radical (unpaired) electrons. The highest BCUT2D eigenvalue weighted by Gasteiger charge is 2.43. The van der Waals surface area contributed by atoms with Gasteiger partial charge in [-0.15, -0.1) is 0 Å². The average molecular weight is 346 g/mol. The summed E-state index contributed by atoms with van der Waals surface area (Å²) in [6.07, 6.45) is 6.50. The highest BCUT2D eigenvalue weighted by atomic mass is 32.2. The van der Waals surface area contributed by atoms with Crippen LogP contribution in [-0.2, 0) is 19.5 Å². The molecule has 134 valence electrons. The standard InChI is InChI=1S/C16H30N2O4S/c1-17-8-5-13(6-9-17)11-21-12-14-3-4-15-16(22-14)7-10-18(15)23(2,19)20/h13-16H,3-12H2,1-2H3/t14-,15+,16+/m1/s1. The van der Waals surface area contributed by atoms with Gasteiger partial charge >= 0.3 is 0 Å². The normalized spacial score (nSPS) is 34.6. The fourth-order valence-electron chi connectivity index (χ4n) is 4.09. The second-order valence-electron chi connectivity index (χ2n) is 7.39. The van der Waals surface area contributed by atoms with E-state index in [0.29, 0.717) is 19.1 Å². The van der Waals surface area contributed by atoms with Crippen LogP contribution in [0.5, 0.6) is 0 Å². The molecule has 0 aromatic carbocycles. The fraction of sp³-hybridized carbons (Fsp3) is 1.00. The van der Waals surface area contributed by atoms with Gasteiger partial charge in [-0.05, 0) is 58.2 Å². The summed E-state index contributed by atoms with van der Waals surface area (Å²) in [5, 5.41) is 0. The van der Waals surface area contributed by atoms with Crippen LogP contribution in [-0.4, -0.2) is 82.0 Å². The number of ether oxygens (including phenoxy) is 2. The molecule has 3 fully saturated rings. The summed E-state index contributed by atoms with van der Waals surface area (Å²) < 4.78 is 37.2. The molecule has 0 amide bonds. The van der Waals surface area contributed by atoms with Crippen LogP contribution in [0.3, 0.4) is 0 Å². The van der Waals surface area contributed by atoms with Crippen LogP contribution in [0.1, 0.15) is 32.1 Å². The van der Waals surface area contributed by atoms with Gasteiger partial charge in [-0.3, -0.25) is 0 Å². The van der Waals surface area contributed by atoms with Gasteiger partial charge in [0.2, 0.25) is 10.0 Å². The van der Waals surface area contributed by atoms with Crippen molar-refractivity contribution in [3.05, 3.63) is 0 Å². The first-order valence-corrected chi connectivity index (χ1v) is 10.7. The molecule has 3 heterocycles. The van der Waals surface area contributed by atoms with Crippen molar-refractivity contribution in [2.45, 2.75) is 50.4 Å². The summed E-state index contributed by atoms with van der Waals surface area (Å²) in [6.45, 7) is 4.40. The number of nitrogens with zero attached hydrogens (tertiary/aromatic N) is 2. The van der Waals surface area contributed by atoms with Gasteiger partial charge < -0.3 is 14.4 Å². The molecule has 3 aliphatic heterocycles. The van der Waals surface area contributed by atoms with Crippen LogP contribution in [0.15, 0.2) is 0 Å². The molecule has 23 heavy (non-hydrogen) atoms. The van der Waals surface area contributed by atoms with E-state index in [4.69, 9.17) is 9.47 Å². The minimum atomic E-state index is -3.11. The molecule has 7 heteroatoms. The average Bonchev–Trinajstić information content (AvgIpc) is 2.92. The Morgan fingerprint density at radius 2 is 1.78 bits per heavy atom. The van der Waals surface area contributed by atoms with E-state index in [1.54, 1.807) is 4.31 Å². The Morgan fingerprint density at radius 3 is 2.48 bits per heavy atom. The van der Waals surface area contributed by atoms with Gasteiger partial charge in [0, 0.05) is 13.2 Å². The third-order valence-electron chi connectivity index (χ3n) is 5.51. The Morgan fingerprint density at radius 1 is 1.04 bits per heavy atom. The van der Waals surface area contributed by atoms with Crippen LogP contribution < -0.4 is 0 Å². The van der Waals surface area contributed by atoms with E-state index in [0.717, 1.165) is 25.9 Å². The third kappa shape index (κ3) is 4.45. The van der Waals surface area contributed by atoms with Crippen molar-refractivity contribution in [1.82, 2.24) is 9.21 Å². The van der Waals surface area contributed by atoms with Crippen LogP contribution in [0.4, 0.5) is 0 Å². The van der Waals surface area contributed by atoms with Gasteiger partial charge in [0.25, 0.3) is 0 Å². The molecule has 0 spiro atoms. The first kappa shape index (κ1) is 17.6. The quantitative estimate of drug-likeness (QED) is 0.741. The number of sulfonamides is 1. The molecule has 3 rings (SSSR count). The lowest BCUT2D eigenvalue weighted by Crippen LogP contribution is -2.45. The summed E-state index contributed by atoms with van der Waals surface area (Å²) in [5.41, 5.74) is 0. The lowest BCUT2D eigenvalue weighted by Gasteiger charge is -2.35. The molecule has 0 N–H and O–H groups in total. The van der Waals surface area contributed by atoms with Crippen molar-refractivity contribution >= 4 is 10.0 Å². The minimum Gasteiger partial charge on any atom is -0.378 e. The lowest BCUT2D eigenvalue weighted by molar-refractivity contribution is -0.0980. The van der Waals surface area contributed by atoms with Crippen molar-refractivity contribution in [2.75, 3.05) is 46.2 Å². The van der Waals surface area contributed by atoms with Gasteiger partial charge in [-0.2, -0.15) is 4.31 Å². The highest BCUT2D eigenvalue weighted by molar-refractivity contribution is 7.88. The van der Waals surface area contributed by atoms with E-state index in [9.17, 15) is 8.42 Å². The summed E-state index contributed by atoms with van der Waals surface area (Å²) in [4.78, 5) is 2.37. The Labute approximate surface area is 140 Å². The van der Waals surface area contributed by atoms with E-state index < -0.39 is 10.0 Å². The second-order valence-corrected chi connectivity index (χ2v) is 9.32. The number of likely N-dealkylation sites (tertiary alicyclic amines) is 1. The molecular formula is C16H30N2O4S. The predicted molar refractivity (Wildman–Crippen MR) is 88.9 cm³/mol. The zero-order valence-electron chi connectivity index (χ0n) is 14.3. The molecule has 3 aliphatic rings. The first-order chi connectivity index (χ1) is 10.9. The SMILES string of the molecule is CN1CCC(COC[C@H]2CC[C@H]3[C@H](CCN3S(C)(=O)=O)O2)CC1. The van der Waals surface area contributed by atoms with Crippen molar-refractivity contribution in [3.63, 3.8) is 0 Å². The number of rotatable bonds is 5. The maximum Gasteiger partial charge on any atom is 0.211 e. The second kappa shape index (κ2) is 7.35. The van der Waals surface area contributed by atoms with Gasteiger partial charge in [0.15, 0.2) is 0 Å². The zero-order valence-corrected chi connectivity index (χ0v) is 15.1. The van der Waals surface area contributed by atoms with Gasteiger partial charge in [0.1, 0.15) is 0 Å². The van der Waals surface area contributed by atoms with Crippen molar-refractivity contribution < 1.29 is 17.9 Å². The van der Waals surface area contributed by atoms with Crippen molar-refractivity contribution in [3.8, 4) is 0 Å². The molecule has 6 nitrogen and oxygen atoms in total. The molecule has 0 bridgehead atoms.